The monoisotopic (exact) mass is 489 g/mol. The fourth-order valence-electron chi connectivity index (χ4n) is 5.20. The van der Waals surface area contributed by atoms with Crippen molar-refractivity contribution in [3.63, 3.8) is 0 Å². The van der Waals surface area contributed by atoms with Gasteiger partial charge in [0.15, 0.2) is 0 Å². The van der Waals surface area contributed by atoms with E-state index in [4.69, 9.17) is 9.47 Å². The molecule has 5 rings (SSSR count). The molecule has 3 aromatic rings. The Bertz CT molecular complexity index is 1260. The van der Waals surface area contributed by atoms with Gasteiger partial charge in [-0.25, -0.2) is 4.39 Å². The molecule has 0 radical (unpaired) electrons. The van der Waals surface area contributed by atoms with Gasteiger partial charge in [0.2, 0.25) is 0 Å². The number of alkyl halides is 1. The summed E-state index contributed by atoms with van der Waals surface area (Å²) < 4.78 is 26.1. The molecule has 2 aliphatic heterocycles. The number of halogens is 1. The number of rotatable bonds is 7. The molecular formula is C30H32FNO4. The van der Waals surface area contributed by atoms with Gasteiger partial charge in [0.1, 0.15) is 42.4 Å². The molecule has 188 valence electrons. The molecule has 0 spiro atoms. The third kappa shape index (κ3) is 4.91. The Balaban J connectivity index is 1.40. The zero-order valence-corrected chi connectivity index (χ0v) is 20.7. The average Bonchev–Trinajstić information content (AvgIpc) is 3.31. The van der Waals surface area contributed by atoms with Crippen molar-refractivity contribution in [2.24, 2.45) is 5.92 Å². The first kappa shape index (κ1) is 24.2. The van der Waals surface area contributed by atoms with Crippen LogP contribution < -0.4 is 9.47 Å². The molecule has 1 fully saturated rings. The Kier molecular flexibility index (Phi) is 6.88. The molecule has 36 heavy (non-hydrogen) atoms. The van der Waals surface area contributed by atoms with Gasteiger partial charge in [0.05, 0.1) is 6.04 Å². The minimum Gasteiger partial charge on any atom is -0.508 e. The summed E-state index contributed by atoms with van der Waals surface area (Å²) in [5.41, 5.74) is 4.47. The first-order valence-corrected chi connectivity index (χ1v) is 12.5. The zero-order valence-electron chi connectivity index (χ0n) is 20.7. The van der Waals surface area contributed by atoms with Crippen LogP contribution in [0.15, 0.2) is 66.7 Å². The van der Waals surface area contributed by atoms with Crippen LogP contribution in [0.3, 0.4) is 0 Å². The molecule has 5 nitrogen and oxygen atoms in total. The predicted octanol–water partition coefficient (Wildman–Crippen LogP) is 6.22. The molecule has 3 unspecified atom stereocenters. The fraction of sp³-hybridized carbons (Fsp3) is 0.333. The standard InChI is InChI=1S/C30H32FNO4/c1-19-12-13-32(17-19)23(16-31)18-35-26-9-6-21(7-10-26)30-29(22-4-3-5-24(33)14-22)20(2)27-15-25(34)8-11-28(27)36-30/h3-11,14-15,19,23,30,33-34H,12-13,16-18H2,1-2H3. The third-order valence-electron chi connectivity index (χ3n) is 7.21. The van der Waals surface area contributed by atoms with E-state index in [0.717, 1.165) is 47.3 Å². The van der Waals surface area contributed by atoms with Crippen LogP contribution in [-0.2, 0) is 0 Å². The highest BCUT2D eigenvalue weighted by Crippen LogP contribution is 2.47. The van der Waals surface area contributed by atoms with Crippen molar-refractivity contribution < 1.29 is 24.1 Å². The van der Waals surface area contributed by atoms with Crippen molar-refractivity contribution in [1.29, 1.82) is 0 Å². The van der Waals surface area contributed by atoms with E-state index in [1.165, 1.54) is 0 Å². The molecule has 0 saturated carbocycles. The van der Waals surface area contributed by atoms with E-state index in [1.807, 2.05) is 37.3 Å². The lowest BCUT2D eigenvalue weighted by Gasteiger charge is -2.31. The lowest BCUT2D eigenvalue weighted by atomic mass is 9.86. The Morgan fingerprint density at radius 3 is 2.53 bits per heavy atom. The molecule has 6 heteroatoms. The molecule has 2 N–H and O–H groups in total. The largest absolute Gasteiger partial charge is 0.508 e. The number of hydrogen-bond donors (Lipinski definition) is 2. The molecule has 0 amide bonds. The number of phenols is 2. The summed E-state index contributed by atoms with van der Waals surface area (Å²) in [6.07, 6.45) is 0.687. The summed E-state index contributed by atoms with van der Waals surface area (Å²) >= 11 is 0. The van der Waals surface area contributed by atoms with Crippen molar-refractivity contribution in [1.82, 2.24) is 4.90 Å². The van der Waals surface area contributed by atoms with Crippen LogP contribution in [0.1, 0.15) is 43.1 Å². The van der Waals surface area contributed by atoms with Crippen molar-refractivity contribution in [3.05, 3.63) is 83.4 Å². The number of likely N-dealkylation sites (tertiary alicyclic amines) is 1. The average molecular weight is 490 g/mol. The molecule has 1 saturated heterocycles. The fourth-order valence-corrected chi connectivity index (χ4v) is 5.20. The number of phenolic OH excluding ortho intramolecular Hbond substituents is 2. The normalized spacial score (nSPS) is 20.6. The van der Waals surface area contributed by atoms with Crippen LogP contribution in [0, 0.1) is 5.92 Å². The summed E-state index contributed by atoms with van der Waals surface area (Å²) in [5.74, 6) is 2.31. The first-order valence-electron chi connectivity index (χ1n) is 12.5. The second-order valence-corrected chi connectivity index (χ2v) is 9.84. The summed E-state index contributed by atoms with van der Waals surface area (Å²) in [7, 11) is 0. The number of ether oxygens (including phenoxy) is 2. The van der Waals surface area contributed by atoms with E-state index in [0.29, 0.717) is 24.0 Å². The van der Waals surface area contributed by atoms with Gasteiger partial charge in [0.25, 0.3) is 0 Å². The lowest BCUT2D eigenvalue weighted by Crippen LogP contribution is -2.39. The highest BCUT2D eigenvalue weighted by atomic mass is 19.1. The molecule has 3 atom stereocenters. The van der Waals surface area contributed by atoms with Gasteiger partial charge in [-0.3, -0.25) is 4.90 Å². The molecule has 0 aromatic heterocycles. The van der Waals surface area contributed by atoms with E-state index in [9.17, 15) is 14.6 Å². The number of aromatic hydroxyl groups is 2. The van der Waals surface area contributed by atoms with E-state index in [-0.39, 0.29) is 17.5 Å². The van der Waals surface area contributed by atoms with Crippen LogP contribution in [0.25, 0.3) is 11.1 Å². The van der Waals surface area contributed by atoms with Crippen LogP contribution >= 0.6 is 0 Å². The lowest BCUT2D eigenvalue weighted by molar-refractivity contribution is 0.132. The molecule has 2 heterocycles. The first-order chi connectivity index (χ1) is 17.4. The zero-order chi connectivity index (χ0) is 25.2. The summed E-state index contributed by atoms with van der Waals surface area (Å²) in [5, 5.41) is 20.2. The van der Waals surface area contributed by atoms with Crippen molar-refractivity contribution >= 4 is 11.1 Å². The maximum atomic E-state index is 13.7. The molecule has 0 aliphatic carbocycles. The van der Waals surface area contributed by atoms with Crippen LogP contribution in [0.4, 0.5) is 4.39 Å². The number of fused-ring (bicyclic) bond motifs is 1. The molecule has 2 aliphatic rings. The van der Waals surface area contributed by atoms with Crippen molar-refractivity contribution in [2.45, 2.75) is 32.4 Å². The third-order valence-corrected chi connectivity index (χ3v) is 7.21. The van der Waals surface area contributed by atoms with Crippen LogP contribution in [-0.4, -0.2) is 47.5 Å². The van der Waals surface area contributed by atoms with Gasteiger partial charge in [-0.05, 0) is 85.0 Å². The maximum Gasteiger partial charge on any atom is 0.150 e. The number of nitrogens with zero attached hydrogens (tertiary/aromatic N) is 1. The second kappa shape index (κ2) is 10.2. The van der Waals surface area contributed by atoms with Crippen LogP contribution in [0.5, 0.6) is 23.0 Å². The maximum absolute atomic E-state index is 13.7. The van der Waals surface area contributed by atoms with E-state index in [1.54, 1.807) is 36.4 Å². The predicted molar refractivity (Wildman–Crippen MR) is 139 cm³/mol. The van der Waals surface area contributed by atoms with Gasteiger partial charge >= 0.3 is 0 Å². The molecular weight excluding hydrogens is 457 g/mol. The van der Waals surface area contributed by atoms with Gasteiger partial charge in [-0.15, -0.1) is 0 Å². The Morgan fingerprint density at radius 2 is 1.83 bits per heavy atom. The summed E-state index contributed by atoms with van der Waals surface area (Å²) in [4.78, 5) is 2.18. The minimum absolute atomic E-state index is 0.168. The van der Waals surface area contributed by atoms with E-state index < -0.39 is 12.8 Å². The van der Waals surface area contributed by atoms with Gasteiger partial charge in [-0.2, -0.15) is 0 Å². The summed E-state index contributed by atoms with van der Waals surface area (Å²) in [6, 6.07) is 19.7. The Labute approximate surface area is 211 Å². The van der Waals surface area contributed by atoms with Gasteiger partial charge in [0, 0.05) is 17.7 Å². The minimum atomic E-state index is -0.424. The smallest absolute Gasteiger partial charge is 0.150 e. The quantitative estimate of drug-likeness (QED) is 0.413. The Hall–Kier alpha value is -3.51. The highest BCUT2D eigenvalue weighted by molar-refractivity contribution is 5.95. The van der Waals surface area contributed by atoms with Gasteiger partial charge in [-0.1, -0.05) is 31.2 Å². The van der Waals surface area contributed by atoms with Crippen LogP contribution in [0.2, 0.25) is 0 Å². The summed E-state index contributed by atoms with van der Waals surface area (Å²) in [6.45, 7) is 5.92. The Morgan fingerprint density at radius 1 is 1.06 bits per heavy atom. The van der Waals surface area contributed by atoms with E-state index >= 15 is 0 Å². The molecule has 3 aromatic carbocycles. The van der Waals surface area contributed by atoms with E-state index in [2.05, 4.69) is 11.8 Å². The number of allylic oxidation sites excluding steroid dienone is 1. The van der Waals surface area contributed by atoms with Crippen molar-refractivity contribution in [2.75, 3.05) is 26.4 Å². The van der Waals surface area contributed by atoms with Crippen molar-refractivity contribution in [3.8, 4) is 23.0 Å². The highest BCUT2D eigenvalue weighted by Gasteiger charge is 2.30. The number of hydrogen-bond acceptors (Lipinski definition) is 5. The van der Waals surface area contributed by atoms with Gasteiger partial charge < -0.3 is 19.7 Å². The topological polar surface area (TPSA) is 62.2 Å². The SMILES string of the molecule is CC1=C(c2cccc(O)c2)C(c2ccc(OCC(CF)N3CCC(C)C3)cc2)Oc2ccc(O)cc21. The molecule has 0 bridgehead atoms. The second-order valence-electron chi connectivity index (χ2n) is 9.84. The number of benzene rings is 3.